The van der Waals surface area contributed by atoms with Crippen LogP contribution in [-0.2, 0) is 16.0 Å². The summed E-state index contributed by atoms with van der Waals surface area (Å²) in [4.78, 5) is 23.3. The van der Waals surface area contributed by atoms with Gasteiger partial charge in [0.1, 0.15) is 23.1 Å². The Morgan fingerprint density at radius 3 is 1.28 bits per heavy atom. The van der Waals surface area contributed by atoms with Crippen molar-refractivity contribution in [3.8, 4) is 33.8 Å². The smallest absolute Gasteiger partial charge is 0.338 e. The topological polar surface area (TPSA) is 52.6 Å². The molecule has 0 N–H and O–H groups in total. The van der Waals surface area contributed by atoms with E-state index in [0.29, 0.717) is 51.3 Å². The largest absolute Gasteiger partial charge is 0.423 e. The van der Waals surface area contributed by atoms with Crippen LogP contribution < -0.4 is 9.47 Å². The van der Waals surface area contributed by atoms with Crippen LogP contribution in [0.15, 0.2) is 109 Å². The monoisotopic (exact) mass is 524 g/mol. The van der Waals surface area contributed by atoms with Crippen molar-refractivity contribution in [3.05, 3.63) is 132 Å². The highest BCUT2D eigenvalue weighted by molar-refractivity contribution is 5.89. The van der Waals surface area contributed by atoms with E-state index in [1.54, 1.807) is 86.6 Å². The Kier molecular flexibility index (Phi) is 8.15. The number of esters is 2. The van der Waals surface area contributed by atoms with Gasteiger partial charge in [-0.2, -0.15) is 0 Å². The SMILES string of the molecule is C=C(C)C(=O)Oc1ccc(-c2ccc(Cc3ccc(-c4ccc(OC(=O)C(=C)C)cc4)c(F)c3)cc2F)cc1. The molecule has 0 aromatic heterocycles. The maximum absolute atomic E-state index is 15.0. The van der Waals surface area contributed by atoms with Crippen molar-refractivity contribution in [3.63, 3.8) is 0 Å². The first-order valence-corrected chi connectivity index (χ1v) is 12.1. The van der Waals surface area contributed by atoms with Crippen LogP contribution in [0, 0.1) is 11.6 Å². The molecule has 4 aromatic rings. The molecule has 4 nitrogen and oxygen atoms in total. The summed E-state index contributed by atoms with van der Waals surface area (Å²) in [6.45, 7) is 10.2. The zero-order valence-electron chi connectivity index (χ0n) is 21.6. The first-order chi connectivity index (χ1) is 18.6. The third-order valence-corrected chi connectivity index (χ3v) is 5.92. The van der Waals surface area contributed by atoms with E-state index in [1.165, 1.54) is 12.1 Å². The van der Waals surface area contributed by atoms with E-state index in [9.17, 15) is 18.4 Å². The van der Waals surface area contributed by atoms with Crippen LogP contribution in [-0.4, -0.2) is 11.9 Å². The summed E-state index contributed by atoms with van der Waals surface area (Å²) < 4.78 is 40.3. The quantitative estimate of drug-likeness (QED) is 0.134. The molecular formula is C33H26F2O4. The van der Waals surface area contributed by atoms with Gasteiger partial charge < -0.3 is 9.47 Å². The summed E-state index contributed by atoms with van der Waals surface area (Å²) in [6.07, 6.45) is 0.347. The lowest BCUT2D eigenvalue weighted by Gasteiger charge is -2.10. The van der Waals surface area contributed by atoms with E-state index >= 15 is 0 Å². The fourth-order valence-corrected chi connectivity index (χ4v) is 3.83. The highest BCUT2D eigenvalue weighted by Crippen LogP contribution is 2.29. The van der Waals surface area contributed by atoms with Gasteiger partial charge in [0.2, 0.25) is 0 Å². The molecule has 0 unspecified atom stereocenters. The minimum atomic E-state index is -0.526. The van der Waals surface area contributed by atoms with Gasteiger partial charge in [-0.1, -0.05) is 61.7 Å². The molecule has 0 atom stereocenters. The van der Waals surface area contributed by atoms with Crippen LogP contribution in [0.3, 0.4) is 0 Å². The minimum absolute atomic E-state index is 0.285. The highest BCUT2D eigenvalue weighted by Gasteiger charge is 2.12. The molecule has 0 fully saturated rings. The summed E-state index contributed by atoms with van der Waals surface area (Å²) in [5.41, 5.74) is 4.01. The Balaban J connectivity index is 1.45. The Hall–Kier alpha value is -4.84. The average molecular weight is 525 g/mol. The van der Waals surface area contributed by atoms with Gasteiger partial charge in [-0.15, -0.1) is 0 Å². The van der Waals surface area contributed by atoms with E-state index in [4.69, 9.17) is 9.47 Å². The Labute approximate surface area is 225 Å². The van der Waals surface area contributed by atoms with Crippen molar-refractivity contribution >= 4 is 11.9 Å². The van der Waals surface area contributed by atoms with Crippen molar-refractivity contribution < 1.29 is 27.8 Å². The molecule has 0 aliphatic heterocycles. The number of carbonyl (C=O) groups excluding carboxylic acids is 2. The Morgan fingerprint density at radius 2 is 0.974 bits per heavy atom. The summed E-state index contributed by atoms with van der Waals surface area (Å²) in [5.74, 6) is -1.19. The second-order valence-electron chi connectivity index (χ2n) is 9.19. The maximum Gasteiger partial charge on any atom is 0.338 e. The van der Waals surface area contributed by atoms with Crippen molar-refractivity contribution in [1.82, 2.24) is 0 Å². The van der Waals surface area contributed by atoms with E-state index in [2.05, 4.69) is 13.2 Å². The van der Waals surface area contributed by atoms with Crippen molar-refractivity contribution in [1.29, 1.82) is 0 Å². The number of carbonyl (C=O) groups is 2. The molecule has 0 heterocycles. The van der Waals surface area contributed by atoms with Crippen molar-refractivity contribution in [2.75, 3.05) is 0 Å². The average Bonchev–Trinajstić information content (AvgIpc) is 2.90. The lowest BCUT2D eigenvalue weighted by atomic mass is 9.97. The Morgan fingerprint density at radius 1 is 0.615 bits per heavy atom. The molecule has 4 aromatic carbocycles. The number of hydrogen-bond acceptors (Lipinski definition) is 4. The van der Waals surface area contributed by atoms with Crippen molar-refractivity contribution in [2.24, 2.45) is 0 Å². The standard InChI is InChI=1S/C33H26F2O4/c1-20(2)32(36)38-26-11-7-24(8-12-26)28-15-5-22(18-30(28)34)17-23-6-16-29(31(35)19-23)25-9-13-27(14-10-25)39-33(37)21(3)4/h5-16,18-19H,1,3,17H2,2,4H3. The van der Waals surface area contributed by atoms with Crippen LogP contribution in [0.1, 0.15) is 25.0 Å². The molecule has 0 saturated heterocycles. The second-order valence-corrected chi connectivity index (χ2v) is 9.19. The summed E-state index contributed by atoms with van der Waals surface area (Å²) in [7, 11) is 0. The lowest BCUT2D eigenvalue weighted by Crippen LogP contribution is -2.07. The molecule has 0 radical (unpaired) electrons. The first kappa shape index (κ1) is 27.2. The minimum Gasteiger partial charge on any atom is -0.423 e. The number of benzene rings is 4. The van der Waals surface area contributed by atoms with Gasteiger partial charge in [-0.3, -0.25) is 0 Å². The van der Waals surface area contributed by atoms with Crippen LogP contribution >= 0.6 is 0 Å². The van der Waals surface area contributed by atoms with Crippen molar-refractivity contribution in [2.45, 2.75) is 20.3 Å². The number of hydrogen-bond donors (Lipinski definition) is 0. The zero-order valence-corrected chi connectivity index (χ0v) is 21.6. The fourth-order valence-electron chi connectivity index (χ4n) is 3.83. The van der Waals surface area contributed by atoms with Crippen LogP contribution in [0.5, 0.6) is 11.5 Å². The van der Waals surface area contributed by atoms with E-state index in [-0.39, 0.29) is 11.1 Å². The first-order valence-electron chi connectivity index (χ1n) is 12.1. The molecule has 6 heteroatoms. The molecule has 4 rings (SSSR count). The summed E-state index contributed by atoms with van der Waals surface area (Å²) in [5, 5.41) is 0. The molecule has 196 valence electrons. The third kappa shape index (κ3) is 6.73. The van der Waals surface area contributed by atoms with Crippen LogP contribution in [0.25, 0.3) is 22.3 Å². The second kappa shape index (κ2) is 11.7. The summed E-state index contributed by atoms with van der Waals surface area (Å²) >= 11 is 0. The van der Waals surface area contributed by atoms with E-state index < -0.39 is 23.6 Å². The normalized spacial score (nSPS) is 10.6. The molecule has 0 bridgehead atoms. The van der Waals surface area contributed by atoms with E-state index in [0.717, 1.165) is 0 Å². The summed E-state index contributed by atoms with van der Waals surface area (Å²) in [6, 6.07) is 22.9. The van der Waals surface area contributed by atoms with Gasteiger partial charge in [0.15, 0.2) is 0 Å². The van der Waals surface area contributed by atoms with Gasteiger partial charge in [0.05, 0.1) is 0 Å². The highest BCUT2D eigenvalue weighted by atomic mass is 19.1. The van der Waals surface area contributed by atoms with Crippen LogP contribution in [0.4, 0.5) is 8.78 Å². The number of ether oxygens (including phenoxy) is 2. The fraction of sp³-hybridized carbons (Fsp3) is 0.0909. The van der Waals surface area contributed by atoms with Gasteiger partial charge in [0.25, 0.3) is 0 Å². The number of halogens is 2. The third-order valence-electron chi connectivity index (χ3n) is 5.92. The zero-order chi connectivity index (χ0) is 28.1. The molecule has 0 spiro atoms. The maximum atomic E-state index is 15.0. The number of rotatable bonds is 8. The Bertz CT molecular complexity index is 1450. The molecule has 39 heavy (non-hydrogen) atoms. The van der Waals surface area contributed by atoms with E-state index in [1.807, 2.05) is 0 Å². The van der Waals surface area contributed by atoms with Gasteiger partial charge in [0, 0.05) is 22.3 Å². The molecular weight excluding hydrogens is 498 g/mol. The van der Waals surface area contributed by atoms with Gasteiger partial charge >= 0.3 is 11.9 Å². The van der Waals surface area contributed by atoms with Gasteiger partial charge in [-0.05, 0) is 78.9 Å². The van der Waals surface area contributed by atoms with Crippen LogP contribution in [0.2, 0.25) is 0 Å². The van der Waals surface area contributed by atoms with Gasteiger partial charge in [-0.25, -0.2) is 18.4 Å². The predicted octanol–water partition coefficient (Wildman–Crippen LogP) is 7.85. The predicted molar refractivity (Wildman–Crippen MR) is 147 cm³/mol. The molecule has 0 aliphatic rings. The molecule has 0 aliphatic carbocycles. The lowest BCUT2D eigenvalue weighted by molar-refractivity contribution is -0.130. The molecule has 0 amide bonds. The molecule has 0 saturated carbocycles.